The smallest absolute Gasteiger partial charge is 0.410 e. The predicted octanol–water partition coefficient (Wildman–Crippen LogP) is 3.07. The predicted molar refractivity (Wildman–Crippen MR) is 176 cm³/mol. The highest BCUT2D eigenvalue weighted by atomic mass is 28.4. The van der Waals surface area contributed by atoms with Crippen LogP contribution in [0.4, 0.5) is 4.79 Å². The van der Waals surface area contributed by atoms with Crippen LogP contribution in [-0.2, 0) is 20.5 Å². The van der Waals surface area contributed by atoms with Crippen molar-refractivity contribution in [1.82, 2.24) is 14.5 Å². The number of rotatable bonds is 8. The number of H-pyrrole nitrogens is 1. The average Bonchev–Trinajstić information content (AvgIpc) is 3.32. The molecule has 0 radical (unpaired) electrons. The van der Waals surface area contributed by atoms with Gasteiger partial charge in [-0.25, -0.2) is 9.59 Å². The number of likely N-dealkylation sites (tertiary alicyclic amines) is 1. The summed E-state index contributed by atoms with van der Waals surface area (Å²) in [5.74, 6) is 0. The van der Waals surface area contributed by atoms with E-state index in [0.717, 1.165) is 15.9 Å². The fraction of sp³-hybridized carbons (Fsp3) is 0.343. The van der Waals surface area contributed by atoms with Gasteiger partial charge in [-0.05, 0) is 27.9 Å². The molecule has 0 spiro atoms. The SMILES string of the molecule is Cc1cn(C2OC3C(CO[Si](c4ccccc4)(c4ccccc4)C(C)(C)C)N(C(=O)OCc4ccccc4)C3C2O)c(=O)[nH]c1=O. The summed E-state index contributed by atoms with van der Waals surface area (Å²) >= 11 is 0. The molecule has 240 valence electrons. The van der Waals surface area contributed by atoms with Gasteiger partial charge in [-0.3, -0.25) is 19.2 Å². The number of carbonyl (C=O) groups excluding carboxylic acids is 1. The van der Waals surface area contributed by atoms with E-state index in [4.69, 9.17) is 13.9 Å². The lowest BCUT2D eigenvalue weighted by Gasteiger charge is -2.52. The van der Waals surface area contributed by atoms with Gasteiger partial charge in [0.15, 0.2) is 6.23 Å². The van der Waals surface area contributed by atoms with Crippen LogP contribution in [-0.4, -0.2) is 64.9 Å². The second-order valence-corrected chi connectivity index (χ2v) is 17.2. The number of amides is 1. The van der Waals surface area contributed by atoms with Crippen LogP contribution in [0.2, 0.25) is 5.04 Å². The molecule has 11 heteroatoms. The van der Waals surface area contributed by atoms with Crippen LogP contribution in [0, 0.1) is 6.92 Å². The first kappa shape index (κ1) is 31.7. The van der Waals surface area contributed by atoms with Gasteiger partial charge in [0.25, 0.3) is 13.9 Å². The van der Waals surface area contributed by atoms with Crippen molar-refractivity contribution in [3.8, 4) is 0 Å². The van der Waals surface area contributed by atoms with Crippen LogP contribution >= 0.6 is 0 Å². The summed E-state index contributed by atoms with van der Waals surface area (Å²) in [6.07, 6.45) is -2.29. The molecule has 1 amide bonds. The van der Waals surface area contributed by atoms with Crippen LogP contribution in [0.5, 0.6) is 0 Å². The number of aliphatic hydroxyl groups excluding tert-OH is 1. The molecule has 0 aliphatic carbocycles. The number of fused-ring (bicyclic) bond motifs is 1. The van der Waals surface area contributed by atoms with E-state index in [1.807, 2.05) is 66.7 Å². The molecule has 2 aliphatic rings. The highest BCUT2D eigenvalue weighted by Gasteiger charge is 2.64. The Kier molecular flexibility index (Phi) is 8.60. The van der Waals surface area contributed by atoms with Crippen molar-refractivity contribution in [3.05, 3.63) is 129 Å². The van der Waals surface area contributed by atoms with Crippen molar-refractivity contribution in [2.24, 2.45) is 0 Å². The summed E-state index contributed by atoms with van der Waals surface area (Å²) in [5.41, 5.74) is -0.108. The number of aliphatic hydroxyl groups is 1. The zero-order valence-corrected chi connectivity index (χ0v) is 27.3. The van der Waals surface area contributed by atoms with Gasteiger partial charge in [-0.1, -0.05) is 112 Å². The molecule has 46 heavy (non-hydrogen) atoms. The third-order valence-corrected chi connectivity index (χ3v) is 14.1. The quantitative estimate of drug-likeness (QED) is 0.284. The standard InChI is InChI=1S/C35H39N3O7Si/c1-23-20-37(33(41)36-31(23)40)32-29(39)28-30(45-32)27(38(28)34(42)43-21-24-14-8-5-9-15-24)22-44-46(35(2,3)4,25-16-10-6-11-17-25)26-18-12-7-13-19-26/h5-20,27-30,32,39H,21-22H2,1-4H3,(H,36,40,41). The van der Waals surface area contributed by atoms with E-state index in [0.29, 0.717) is 5.56 Å². The van der Waals surface area contributed by atoms with Gasteiger partial charge >= 0.3 is 11.8 Å². The molecule has 0 bridgehead atoms. The largest absolute Gasteiger partial charge is 0.445 e. The van der Waals surface area contributed by atoms with Gasteiger partial charge in [0.2, 0.25) is 0 Å². The Morgan fingerprint density at radius 1 is 0.935 bits per heavy atom. The number of aromatic amines is 1. The first-order valence-corrected chi connectivity index (χ1v) is 17.3. The summed E-state index contributed by atoms with van der Waals surface area (Å²) in [6, 6.07) is 28.3. The van der Waals surface area contributed by atoms with Gasteiger partial charge in [0, 0.05) is 11.8 Å². The highest BCUT2D eigenvalue weighted by molar-refractivity contribution is 6.99. The Morgan fingerprint density at radius 2 is 1.50 bits per heavy atom. The molecule has 4 aromatic rings. The topological polar surface area (TPSA) is 123 Å². The summed E-state index contributed by atoms with van der Waals surface area (Å²) < 4.78 is 20.4. The molecule has 2 N–H and O–H groups in total. The van der Waals surface area contributed by atoms with E-state index >= 15 is 0 Å². The highest BCUT2D eigenvalue weighted by Crippen LogP contribution is 2.45. The van der Waals surface area contributed by atoms with Crippen molar-refractivity contribution in [3.63, 3.8) is 0 Å². The Labute approximate surface area is 268 Å². The molecule has 2 fully saturated rings. The van der Waals surface area contributed by atoms with E-state index in [1.54, 1.807) is 6.92 Å². The van der Waals surface area contributed by atoms with Gasteiger partial charge < -0.3 is 19.0 Å². The van der Waals surface area contributed by atoms with Crippen LogP contribution < -0.4 is 21.6 Å². The minimum Gasteiger partial charge on any atom is -0.445 e. The van der Waals surface area contributed by atoms with Crippen molar-refractivity contribution in [1.29, 1.82) is 0 Å². The minimum atomic E-state index is -2.99. The van der Waals surface area contributed by atoms with Crippen molar-refractivity contribution in [2.75, 3.05) is 6.61 Å². The maximum atomic E-state index is 13.7. The molecular formula is C35H39N3O7Si. The van der Waals surface area contributed by atoms with Gasteiger partial charge in [-0.15, -0.1) is 0 Å². The molecule has 0 saturated carbocycles. The lowest BCUT2D eigenvalue weighted by molar-refractivity contribution is -0.123. The number of benzene rings is 3. The number of nitrogens with zero attached hydrogens (tertiary/aromatic N) is 2. The lowest BCUT2D eigenvalue weighted by Crippen LogP contribution is -2.74. The number of hydrogen-bond acceptors (Lipinski definition) is 7. The normalized spacial score (nSPS) is 22.6. The third kappa shape index (κ3) is 5.53. The van der Waals surface area contributed by atoms with Crippen LogP contribution in [0.1, 0.15) is 38.1 Å². The van der Waals surface area contributed by atoms with E-state index in [2.05, 4.69) is 50.0 Å². The summed E-state index contributed by atoms with van der Waals surface area (Å²) in [6.45, 7) is 8.24. The summed E-state index contributed by atoms with van der Waals surface area (Å²) in [4.78, 5) is 42.3. The molecule has 3 aromatic carbocycles. The first-order valence-electron chi connectivity index (χ1n) is 15.4. The Morgan fingerprint density at radius 3 is 2.07 bits per heavy atom. The number of aromatic nitrogens is 2. The fourth-order valence-electron chi connectivity index (χ4n) is 6.81. The van der Waals surface area contributed by atoms with Gasteiger partial charge in [-0.2, -0.15) is 0 Å². The van der Waals surface area contributed by atoms with Crippen molar-refractivity contribution >= 4 is 24.8 Å². The van der Waals surface area contributed by atoms with Crippen LogP contribution in [0.15, 0.2) is 107 Å². The maximum absolute atomic E-state index is 13.7. The Hall–Kier alpha value is -4.29. The maximum Gasteiger partial charge on any atom is 0.410 e. The molecular weight excluding hydrogens is 602 g/mol. The number of ether oxygens (including phenoxy) is 2. The molecule has 2 saturated heterocycles. The van der Waals surface area contributed by atoms with Crippen LogP contribution in [0.25, 0.3) is 0 Å². The average molecular weight is 642 g/mol. The first-order chi connectivity index (χ1) is 22.0. The molecule has 1 aromatic heterocycles. The van der Waals surface area contributed by atoms with Gasteiger partial charge in [0.1, 0.15) is 18.8 Å². The lowest BCUT2D eigenvalue weighted by atomic mass is 9.88. The Bertz CT molecular complexity index is 1750. The van der Waals surface area contributed by atoms with E-state index in [1.165, 1.54) is 15.7 Å². The molecule has 6 rings (SSSR count). The molecule has 2 aliphatic heterocycles. The Balaban J connectivity index is 1.35. The molecule has 3 heterocycles. The number of carbonyl (C=O) groups is 1. The number of hydrogen-bond donors (Lipinski definition) is 2. The third-order valence-electron chi connectivity index (χ3n) is 9.06. The second-order valence-electron chi connectivity index (χ2n) is 12.9. The second kappa shape index (κ2) is 12.5. The fourth-order valence-corrected chi connectivity index (χ4v) is 11.4. The monoisotopic (exact) mass is 641 g/mol. The van der Waals surface area contributed by atoms with Crippen molar-refractivity contribution < 1.29 is 23.8 Å². The van der Waals surface area contributed by atoms with Crippen molar-refractivity contribution in [2.45, 2.75) is 69.9 Å². The summed E-state index contributed by atoms with van der Waals surface area (Å²) in [5, 5.41) is 13.4. The summed E-state index contributed by atoms with van der Waals surface area (Å²) in [7, 11) is -2.99. The van der Waals surface area contributed by atoms with E-state index in [9.17, 15) is 19.5 Å². The molecule has 5 unspecified atom stereocenters. The van der Waals surface area contributed by atoms with Crippen LogP contribution in [0.3, 0.4) is 0 Å². The number of aryl methyl sites for hydroxylation is 1. The zero-order valence-electron chi connectivity index (χ0n) is 26.3. The molecule has 5 atom stereocenters. The zero-order chi connectivity index (χ0) is 32.6. The van der Waals surface area contributed by atoms with E-state index in [-0.39, 0.29) is 18.3 Å². The van der Waals surface area contributed by atoms with E-state index < -0.39 is 56.2 Å². The molecule has 10 nitrogen and oxygen atoms in total. The number of nitrogens with one attached hydrogen (secondary N) is 1. The van der Waals surface area contributed by atoms with Gasteiger partial charge in [0.05, 0.1) is 18.7 Å². The minimum absolute atomic E-state index is 0.0504.